The number of benzene rings is 1. The summed E-state index contributed by atoms with van der Waals surface area (Å²) in [6.45, 7) is 6.20. The van der Waals surface area contributed by atoms with Crippen molar-refractivity contribution in [3.05, 3.63) is 47.3 Å². The van der Waals surface area contributed by atoms with Crippen LogP contribution in [0.4, 0.5) is 5.69 Å². The molecule has 128 valence electrons. The van der Waals surface area contributed by atoms with E-state index in [9.17, 15) is 14.7 Å². The average Bonchev–Trinajstić information content (AvgIpc) is 2.97. The summed E-state index contributed by atoms with van der Waals surface area (Å²) in [7, 11) is 1.52. The van der Waals surface area contributed by atoms with Crippen LogP contribution in [-0.4, -0.2) is 33.9 Å². The number of rotatable bonds is 5. The van der Waals surface area contributed by atoms with Crippen molar-refractivity contribution in [2.24, 2.45) is 0 Å². The van der Waals surface area contributed by atoms with Crippen molar-refractivity contribution in [1.82, 2.24) is 9.78 Å². The second-order valence-electron chi connectivity index (χ2n) is 6.46. The predicted octanol–water partition coefficient (Wildman–Crippen LogP) is 2.74. The first-order valence-electron chi connectivity index (χ1n) is 7.43. The van der Waals surface area contributed by atoms with Crippen LogP contribution in [0.2, 0.25) is 0 Å². The molecule has 7 heteroatoms. The Labute approximate surface area is 140 Å². The molecule has 1 amide bonds. The molecule has 1 heterocycles. The van der Waals surface area contributed by atoms with Crippen LogP contribution >= 0.6 is 0 Å². The number of nitrogens with one attached hydrogen (secondary N) is 1. The molecule has 1 aromatic heterocycles. The Morgan fingerprint density at radius 1 is 1.25 bits per heavy atom. The van der Waals surface area contributed by atoms with Gasteiger partial charge in [-0.3, -0.25) is 9.48 Å². The smallest absolute Gasteiger partial charge is 0.335 e. The maximum atomic E-state index is 12.4. The number of aromatic carboxylic acids is 1. The number of hydrogen-bond donors (Lipinski definition) is 2. The van der Waals surface area contributed by atoms with Crippen molar-refractivity contribution >= 4 is 17.6 Å². The third kappa shape index (κ3) is 4.20. The van der Waals surface area contributed by atoms with E-state index in [-0.39, 0.29) is 23.6 Å². The van der Waals surface area contributed by atoms with Crippen LogP contribution in [0.3, 0.4) is 0 Å². The molecule has 2 N–H and O–H groups in total. The number of ether oxygens (including phenoxy) is 1. The zero-order valence-corrected chi connectivity index (χ0v) is 14.2. The van der Waals surface area contributed by atoms with Crippen molar-refractivity contribution in [2.45, 2.75) is 32.9 Å². The molecule has 0 bridgehead atoms. The summed E-state index contributed by atoms with van der Waals surface area (Å²) in [6, 6.07) is 4.61. The zero-order valence-electron chi connectivity index (χ0n) is 14.2. The van der Waals surface area contributed by atoms with Gasteiger partial charge in [0.05, 0.1) is 29.5 Å². The number of anilines is 1. The van der Waals surface area contributed by atoms with E-state index in [1.165, 1.54) is 25.4 Å². The highest BCUT2D eigenvalue weighted by molar-refractivity contribution is 6.04. The maximum absolute atomic E-state index is 12.4. The minimum atomic E-state index is -1.07. The van der Waals surface area contributed by atoms with E-state index < -0.39 is 5.97 Å². The van der Waals surface area contributed by atoms with Crippen molar-refractivity contribution in [2.75, 3.05) is 12.4 Å². The van der Waals surface area contributed by atoms with Crippen LogP contribution in [0.25, 0.3) is 0 Å². The molecule has 1 aromatic carbocycles. The highest BCUT2D eigenvalue weighted by Crippen LogP contribution is 2.18. The maximum Gasteiger partial charge on any atom is 0.335 e. The first kappa shape index (κ1) is 17.7. The number of carbonyl (C=O) groups excluding carboxylic acids is 1. The summed E-state index contributed by atoms with van der Waals surface area (Å²) >= 11 is 0. The van der Waals surface area contributed by atoms with Gasteiger partial charge < -0.3 is 15.2 Å². The third-order valence-corrected chi connectivity index (χ3v) is 3.34. The van der Waals surface area contributed by atoms with Gasteiger partial charge in [0.1, 0.15) is 0 Å². The fourth-order valence-electron chi connectivity index (χ4n) is 2.15. The van der Waals surface area contributed by atoms with Crippen molar-refractivity contribution in [3.63, 3.8) is 0 Å². The third-order valence-electron chi connectivity index (χ3n) is 3.34. The molecule has 2 aromatic rings. The Hall–Kier alpha value is -2.67. The standard InChI is InChI=1S/C17H21N3O4/c1-17(2,3)20-9-13(8-18-20)15(21)19-14-6-11(10-24-4)5-12(7-14)16(22)23/h5-9H,10H2,1-4H3,(H,19,21)(H,22,23). The number of hydrogen-bond acceptors (Lipinski definition) is 4. The summed E-state index contributed by atoms with van der Waals surface area (Å²) in [5.41, 5.74) is 1.32. The molecule has 0 radical (unpaired) electrons. The largest absolute Gasteiger partial charge is 0.478 e. The lowest BCUT2D eigenvalue weighted by Gasteiger charge is -2.18. The van der Waals surface area contributed by atoms with Gasteiger partial charge in [-0.25, -0.2) is 4.79 Å². The van der Waals surface area contributed by atoms with Crippen molar-refractivity contribution in [1.29, 1.82) is 0 Å². The first-order valence-corrected chi connectivity index (χ1v) is 7.43. The Balaban J connectivity index is 2.24. The molecule has 0 spiro atoms. The van der Waals surface area contributed by atoms with Crippen LogP contribution in [0, 0.1) is 0 Å². The molecule has 0 aliphatic carbocycles. The van der Waals surface area contributed by atoms with Gasteiger partial charge in [0.25, 0.3) is 5.91 Å². The van der Waals surface area contributed by atoms with Gasteiger partial charge in [-0.1, -0.05) is 0 Å². The monoisotopic (exact) mass is 331 g/mol. The summed E-state index contributed by atoms with van der Waals surface area (Å²) < 4.78 is 6.73. The number of aromatic nitrogens is 2. The Bertz CT molecular complexity index is 759. The molecular weight excluding hydrogens is 310 g/mol. The normalized spacial score (nSPS) is 11.3. The summed E-state index contributed by atoms with van der Waals surface area (Å²) in [5.74, 6) is -1.42. The van der Waals surface area contributed by atoms with Crippen LogP contribution in [-0.2, 0) is 16.9 Å². The van der Waals surface area contributed by atoms with Gasteiger partial charge in [0, 0.05) is 19.0 Å². The topological polar surface area (TPSA) is 93.5 Å². The lowest BCUT2D eigenvalue weighted by Crippen LogP contribution is -2.22. The predicted molar refractivity (Wildman–Crippen MR) is 89.3 cm³/mol. The van der Waals surface area contributed by atoms with E-state index in [1.54, 1.807) is 16.9 Å². The summed E-state index contributed by atoms with van der Waals surface area (Å²) in [5, 5.41) is 16.1. The van der Waals surface area contributed by atoms with Gasteiger partial charge >= 0.3 is 5.97 Å². The molecule has 0 fully saturated rings. The van der Waals surface area contributed by atoms with E-state index in [0.717, 1.165) is 0 Å². The van der Waals surface area contributed by atoms with Gasteiger partial charge in [-0.2, -0.15) is 5.10 Å². The minimum Gasteiger partial charge on any atom is -0.478 e. The molecule has 0 unspecified atom stereocenters. The van der Waals surface area contributed by atoms with Gasteiger partial charge in [0.15, 0.2) is 0 Å². The Kier molecular flexibility index (Phi) is 5.04. The van der Waals surface area contributed by atoms with E-state index in [2.05, 4.69) is 10.4 Å². The number of methoxy groups -OCH3 is 1. The molecule has 0 aliphatic heterocycles. The van der Waals surface area contributed by atoms with Crippen molar-refractivity contribution < 1.29 is 19.4 Å². The fourth-order valence-corrected chi connectivity index (χ4v) is 2.15. The second-order valence-corrected chi connectivity index (χ2v) is 6.46. The fraction of sp³-hybridized carbons (Fsp3) is 0.353. The average molecular weight is 331 g/mol. The van der Waals surface area contributed by atoms with E-state index in [1.807, 2.05) is 20.8 Å². The molecule has 24 heavy (non-hydrogen) atoms. The quantitative estimate of drug-likeness (QED) is 0.878. The highest BCUT2D eigenvalue weighted by Gasteiger charge is 2.17. The molecule has 0 saturated heterocycles. The van der Waals surface area contributed by atoms with E-state index in [0.29, 0.717) is 16.8 Å². The van der Waals surface area contributed by atoms with Gasteiger partial charge in [0.2, 0.25) is 0 Å². The number of carboxylic acid groups (broad SMARTS) is 1. The minimum absolute atomic E-state index is 0.0882. The molecule has 0 aliphatic rings. The van der Waals surface area contributed by atoms with Crippen LogP contribution in [0.1, 0.15) is 47.1 Å². The number of amides is 1. The number of carboxylic acids is 1. The highest BCUT2D eigenvalue weighted by atomic mass is 16.5. The van der Waals surface area contributed by atoms with E-state index >= 15 is 0 Å². The van der Waals surface area contributed by atoms with Crippen LogP contribution in [0.15, 0.2) is 30.6 Å². The Morgan fingerprint density at radius 2 is 1.96 bits per heavy atom. The summed E-state index contributed by atoms with van der Waals surface area (Å²) in [4.78, 5) is 23.6. The van der Waals surface area contributed by atoms with Crippen LogP contribution in [0.5, 0.6) is 0 Å². The lowest BCUT2D eigenvalue weighted by atomic mass is 10.1. The number of carbonyl (C=O) groups is 2. The molecule has 2 rings (SSSR count). The first-order chi connectivity index (χ1) is 11.2. The molecule has 0 atom stereocenters. The lowest BCUT2D eigenvalue weighted by molar-refractivity contribution is 0.0696. The number of nitrogens with zero attached hydrogens (tertiary/aromatic N) is 2. The van der Waals surface area contributed by atoms with Gasteiger partial charge in [-0.05, 0) is 44.5 Å². The van der Waals surface area contributed by atoms with Crippen molar-refractivity contribution in [3.8, 4) is 0 Å². The zero-order chi connectivity index (χ0) is 17.9. The molecular formula is C17H21N3O4. The molecule has 7 nitrogen and oxygen atoms in total. The van der Waals surface area contributed by atoms with E-state index in [4.69, 9.17) is 4.74 Å². The summed E-state index contributed by atoms with van der Waals surface area (Å²) in [6.07, 6.45) is 3.14. The Morgan fingerprint density at radius 3 is 2.50 bits per heavy atom. The second kappa shape index (κ2) is 6.84. The molecule has 0 saturated carbocycles. The SMILES string of the molecule is COCc1cc(NC(=O)c2cnn(C(C)(C)C)c2)cc(C(=O)O)c1. The van der Waals surface area contributed by atoms with Crippen LogP contribution < -0.4 is 5.32 Å². The van der Waals surface area contributed by atoms with Gasteiger partial charge in [-0.15, -0.1) is 0 Å².